The fourth-order valence-corrected chi connectivity index (χ4v) is 1.36. The highest BCUT2D eigenvalue weighted by Gasteiger charge is 2.16. The van der Waals surface area contributed by atoms with E-state index in [2.05, 4.69) is 0 Å². The van der Waals surface area contributed by atoms with Gasteiger partial charge in [0.25, 0.3) is 0 Å². The van der Waals surface area contributed by atoms with Gasteiger partial charge in [-0.2, -0.15) is 0 Å². The van der Waals surface area contributed by atoms with Crippen molar-refractivity contribution in [3.63, 3.8) is 0 Å². The maximum atomic E-state index is 11.3. The van der Waals surface area contributed by atoms with Crippen LogP contribution in [0.4, 0.5) is 0 Å². The number of hydrogen-bond acceptors (Lipinski definition) is 3. The first-order valence-corrected chi connectivity index (χ1v) is 4.54. The van der Waals surface area contributed by atoms with Crippen LogP contribution < -0.4 is 0 Å². The van der Waals surface area contributed by atoms with Crippen LogP contribution in [-0.4, -0.2) is 12.6 Å². The second-order valence-electron chi connectivity index (χ2n) is 2.54. The summed E-state index contributed by atoms with van der Waals surface area (Å²) in [5, 5.41) is 0. The number of aryl methyl sites for hydroxylation is 1. The predicted molar refractivity (Wildman–Crippen MR) is 49.0 cm³/mol. The van der Waals surface area contributed by atoms with Crippen molar-refractivity contribution in [2.24, 2.45) is 0 Å². The van der Waals surface area contributed by atoms with Gasteiger partial charge in [-0.3, -0.25) is 0 Å². The van der Waals surface area contributed by atoms with Crippen LogP contribution in [0.3, 0.4) is 0 Å². The smallest absolute Gasteiger partial charge is 0.341 e. The van der Waals surface area contributed by atoms with E-state index in [9.17, 15) is 4.79 Å². The number of carbonyl (C=O) groups excluding carboxylic acids is 1. The molecule has 1 aromatic heterocycles. The molecule has 0 unspecified atom stereocenters. The van der Waals surface area contributed by atoms with E-state index in [0.29, 0.717) is 23.5 Å². The van der Waals surface area contributed by atoms with Crippen molar-refractivity contribution < 1.29 is 13.9 Å². The van der Waals surface area contributed by atoms with Crippen LogP contribution in [0.2, 0.25) is 0 Å². The van der Waals surface area contributed by atoms with Crippen LogP contribution in [0, 0.1) is 6.92 Å². The standard InChI is InChI=1S/C9H11ClO3/c1-3-12-9(11)8-5-13-6(2)7(8)4-10/h5H,3-4H2,1-2H3. The maximum Gasteiger partial charge on any atom is 0.341 e. The quantitative estimate of drug-likeness (QED) is 0.559. The summed E-state index contributed by atoms with van der Waals surface area (Å²) in [5.74, 6) is 0.546. The van der Waals surface area contributed by atoms with Crippen LogP contribution in [0.5, 0.6) is 0 Å². The average molecular weight is 203 g/mol. The summed E-state index contributed by atoms with van der Waals surface area (Å²) in [6.07, 6.45) is 1.38. The molecule has 3 nitrogen and oxygen atoms in total. The second-order valence-corrected chi connectivity index (χ2v) is 2.81. The molecule has 72 valence electrons. The summed E-state index contributed by atoms with van der Waals surface area (Å²) in [7, 11) is 0. The van der Waals surface area contributed by atoms with Crippen LogP contribution in [-0.2, 0) is 10.6 Å². The molecule has 0 aliphatic rings. The van der Waals surface area contributed by atoms with Gasteiger partial charge in [0.2, 0.25) is 0 Å². The van der Waals surface area contributed by atoms with Gasteiger partial charge in [0.05, 0.1) is 12.5 Å². The molecule has 0 saturated heterocycles. The molecule has 1 rings (SSSR count). The summed E-state index contributed by atoms with van der Waals surface area (Å²) in [6, 6.07) is 0. The Morgan fingerprint density at radius 1 is 1.69 bits per heavy atom. The third-order valence-corrected chi connectivity index (χ3v) is 2.00. The summed E-state index contributed by atoms with van der Waals surface area (Å²) in [4.78, 5) is 11.3. The van der Waals surface area contributed by atoms with Gasteiger partial charge in [-0.25, -0.2) is 4.79 Å². The topological polar surface area (TPSA) is 39.4 Å². The van der Waals surface area contributed by atoms with E-state index >= 15 is 0 Å². The predicted octanol–water partition coefficient (Wildman–Crippen LogP) is 2.50. The molecule has 0 bridgehead atoms. The van der Waals surface area contributed by atoms with Gasteiger partial charge in [-0.1, -0.05) is 0 Å². The lowest BCUT2D eigenvalue weighted by Gasteiger charge is -1.99. The first-order chi connectivity index (χ1) is 6.20. The summed E-state index contributed by atoms with van der Waals surface area (Å²) < 4.78 is 9.89. The third kappa shape index (κ3) is 2.04. The van der Waals surface area contributed by atoms with Crippen molar-refractivity contribution in [1.29, 1.82) is 0 Å². The zero-order valence-electron chi connectivity index (χ0n) is 7.59. The van der Waals surface area contributed by atoms with Crippen molar-refractivity contribution in [2.45, 2.75) is 19.7 Å². The minimum atomic E-state index is -0.380. The molecular weight excluding hydrogens is 192 g/mol. The van der Waals surface area contributed by atoms with E-state index in [0.717, 1.165) is 0 Å². The lowest BCUT2D eigenvalue weighted by Crippen LogP contribution is -2.05. The van der Waals surface area contributed by atoms with E-state index < -0.39 is 0 Å². The van der Waals surface area contributed by atoms with Gasteiger partial charge in [-0.05, 0) is 13.8 Å². The molecular formula is C9H11ClO3. The SMILES string of the molecule is CCOC(=O)c1coc(C)c1CCl. The Hall–Kier alpha value is -0.960. The number of carbonyl (C=O) groups is 1. The molecule has 4 heteroatoms. The van der Waals surface area contributed by atoms with Crippen LogP contribution in [0.15, 0.2) is 10.7 Å². The van der Waals surface area contributed by atoms with Gasteiger partial charge in [-0.15, -0.1) is 11.6 Å². The molecule has 0 amide bonds. The number of furan rings is 1. The summed E-state index contributed by atoms with van der Waals surface area (Å²) >= 11 is 5.66. The molecule has 13 heavy (non-hydrogen) atoms. The van der Waals surface area contributed by atoms with Crippen molar-refractivity contribution in [3.8, 4) is 0 Å². The number of ether oxygens (including phenoxy) is 1. The number of halogens is 1. The molecule has 1 heterocycles. The zero-order chi connectivity index (χ0) is 9.84. The lowest BCUT2D eigenvalue weighted by molar-refractivity contribution is 0.0524. The Balaban J connectivity index is 2.93. The normalized spacial score (nSPS) is 10.1. The molecule has 0 radical (unpaired) electrons. The molecule has 1 aromatic rings. The first kappa shape index (κ1) is 10.1. The zero-order valence-corrected chi connectivity index (χ0v) is 8.35. The third-order valence-electron chi connectivity index (χ3n) is 1.73. The Morgan fingerprint density at radius 3 is 2.92 bits per heavy atom. The van der Waals surface area contributed by atoms with E-state index in [1.165, 1.54) is 6.26 Å². The molecule has 0 spiro atoms. The molecule has 0 atom stereocenters. The first-order valence-electron chi connectivity index (χ1n) is 4.00. The van der Waals surface area contributed by atoms with E-state index in [1.807, 2.05) is 0 Å². The minimum Gasteiger partial charge on any atom is -0.468 e. The van der Waals surface area contributed by atoms with Crippen LogP contribution >= 0.6 is 11.6 Å². The average Bonchev–Trinajstić information content (AvgIpc) is 2.47. The monoisotopic (exact) mass is 202 g/mol. The Kier molecular flexibility index (Phi) is 3.37. The van der Waals surface area contributed by atoms with Crippen LogP contribution in [0.1, 0.15) is 28.6 Å². The van der Waals surface area contributed by atoms with Gasteiger partial charge in [0.15, 0.2) is 0 Å². The van der Waals surface area contributed by atoms with Gasteiger partial charge in [0.1, 0.15) is 17.6 Å². The van der Waals surface area contributed by atoms with Crippen molar-refractivity contribution in [2.75, 3.05) is 6.61 Å². The highest BCUT2D eigenvalue weighted by Crippen LogP contribution is 2.19. The number of esters is 1. The molecule has 0 aliphatic heterocycles. The van der Waals surface area contributed by atoms with Gasteiger partial charge < -0.3 is 9.15 Å². The fraction of sp³-hybridized carbons (Fsp3) is 0.444. The lowest BCUT2D eigenvalue weighted by atomic mass is 10.2. The Bertz CT molecular complexity index is 304. The second kappa shape index (κ2) is 4.33. The number of hydrogen-bond donors (Lipinski definition) is 0. The minimum absolute atomic E-state index is 0.260. The van der Waals surface area contributed by atoms with Crippen molar-refractivity contribution in [1.82, 2.24) is 0 Å². The van der Waals surface area contributed by atoms with E-state index in [1.54, 1.807) is 13.8 Å². The Morgan fingerprint density at radius 2 is 2.38 bits per heavy atom. The highest BCUT2D eigenvalue weighted by atomic mass is 35.5. The summed E-state index contributed by atoms with van der Waals surface area (Å²) in [6.45, 7) is 3.87. The summed E-state index contributed by atoms with van der Waals surface area (Å²) in [5.41, 5.74) is 1.13. The van der Waals surface area contributed by atoms with Crippen molar-refractivity contribution in [3.05, 3.63) is 23.2 Å². The van der Waals surface area contributed by atoms with E-state index in [-0.39, 0.29) is 11.8 Å². The van der Waals surface area contributed by atoms with Gasteiger partial charge in [0, 0.05) is 5.56 Å². The fourth-order valence-electron chi connectivity index (χ4n) is 1.03. The maximum absolute atomic E-state index is 11.3. The molecule has 0 saturated carbocycles. The number of rotatable bonds is 3. The van der Waals surface area contributed by atoms with E-state index in [4.69, 9.17) is 20.8 Å². The number of alkyl halides is 1. The van der Waals surface area contributed by atoms with Gasteiger partial charge >= 0.3 is 5.97 Å². The molecule has 0 fully saturated rings. The van der Waals surface area contributed by atoms with Crippen LogP contribution in [0.25, 0.3) is 0 Å². The van der Waals surface area contributed by atoms with Crippen molar-refractivity contribution >= 4 is 17.6 Å². The highest BCUT2D eigenvalue weighted by molar-refractivity contribution is 6.17. The Labute approximate surface area is 81.6 Å². The molecule has 0 aromatic carbocycles. The largest absolute Gasteiger partial charge is 0.468 e. The molecule has 0 N–H and O–H groups in total. The molecule has 0 aliphatic carbocycles.